The molecule has 1 aliphatic rings. The molecule has 4 nitrogen and oxygen atoms in total. The van der Waals surface area contributed by atoms with Gasteiger partial charge in [0, 0.05) is 19.1 Å². The molecule has 1 saturated heterocycles. The van der Waals surface area contributed by atoms with Crippen molar-refractivity contribution in [3.05, 3.63) is 29.8 Å². The third kappa shape index (κ3) is 3.22. The molecule has 1 aliphatic heterocycles. The number of benzene rings is 1. The fourth-order valence-electron chi connectivity index (χ4n) is 2.75. The monoisotopic (exact) mass is 296 g/mol. The normalized spacial score (nSPS) is 22.1. The first-order chi connectivity index (χ1) is 9.45. The van der Waals surface area contributed by atoms with E-state index in [2.05, 4.69) is 6.92 Å². The Bertz CT molecular complexity index is 537. The van der Waals surface area contributed by atoms with Crippen LogP contribution in [0.4, 0.5) is 0 Å². The van der Waals surface area contributed by atoms with Crippen LogP contribution in [-0.4, -0.2) is 25.8 Å². The second kappa shape index (κ2) is 6.24. The lowest BCUT2D eigenvalue weighted by atomic mass is 10.0. The Morgan fingerprint density at radius 2 is 2.00 bits per heavy atom. The van der Waals surface area contributed by atoms with Crippen LogP contribution in [0.2, 0.25) is 0 Å². The summed E-state index contributed by atoms with van der Waals surface area (Å²) in [5.41, 5.74) is 6.74. The first-order valence-corrected chi connectivity index (χ1v) is 8.75. The molecule has 1 heterocycles. The molecule has 20 heavy (non-hydrogen) atoms. The molecular weight excluding hydrogens is 272 g/mol. The van der Waals surface area contributed by atoms with Gasteiger partial charge in [-0.25, -0.2) is 8.42 Å². The molecule has 0 saturated carbocycles. The van der Waals surface area contributed by atoms with Crippen molar-refractivity contribution in [1.29, 1.82) is 0 Å². The van der Waals surface area contributed by atoms with E-state index in [1.54, 1.807) is 28.6 Å². The van der Waals surface area contributed by atoms with Crippen molar-refractivity contribution < 1.29 is 8.42 Å². The maximum absolute atomic E-state index is 12.6. The number of hydrogen-bond acceptors (Lipinski definition) is 3. The number of nitrogens with two attached hydrogens (primary N) is 1. The minimum Gasteiger partial charge on any atom is -0.324 e. The Balaban J connectivity index is 2.14. The highest BCUT2D eigenvalue weighted by Gasteiger charge is 2.31. The van der Waals surface area contributed by atoms with Crippen molar-refractivity contribution in [3.8, 4) is 0 Å². The summed E-state index contributed by atoms with van der Waals surface area (Å²) < 4.78 is 26.7. The van der Waals surface area contributed by atoms with Crippen LogP contribution in [-0.2, 0) is 10.0 Å². The Morgan fingerprint density at radius 3 is 2.55 bits per heavy atom. The van der Waals surface area contributed by atoms with Crippen LogP contribution in [0.25, 0.3) is 0 Å². The van der Waals surface area contributed by atoms with Gasteiger partial charge in [0.15, 0.2) is 0 Å². The summed E-state index contributed by atoms with van der Waals surface area (Å²) in [6.07, 6.45) is 3.20. The lowest BCUT2D eigenvalue weighted by molar-refractivity contribution is 0.444. The summed E-state index contributed by atoms with van der Waals surface area (Å²) in [5, 5.41) is 0. The molecule has 2 rings (SSSR count). The Labute approximate surface area is 122 Å². The molecule has 2 N–H and O–H groups in total. The highest BCUT2D eigenvalue weighted by Crippen LogP contribution is 2.27. The van der Waals surface area contributed by atoms with E-state index in [-0.39, 0.29) is 6.04 Å². The molecule has 0 bridgehead atoms. The molecule has 0 aliphatic carbocycles. The van der Waals surface area contributed by atoms with Crippen LogP contribution in [0.3, 0.4) is 0 Å². The average Bonchev–Trinajstić information content (AvgIpc) is 2.88. The largest absolute Gasteiger partial charge is 0.324 e. The van der Waals surface area contributed by atoms with Gasteiger partial charge in [0.25, 0.3) is 0 Å². The molecule has 0 amide bonds. The fourth-order valence-corrected chi connectivity index (χ4v) is 4.28. The fraction of sp³-hybridized carbons (Fsp3) is 0.600. The molecule has 0 radical (unpaired) electrons. The summed E-state index contributed by atoms with van der Waals surface area (Å²) in [6, 6.07) is 6.86. The van der Waals surface area contributed by atoms with E-state index < -0.39 is 10.0 Å². The second-order valence-electron chi connectivity index (χ2n) is 5.66. The minimum absolute atomic E-state index is 0.0764. The lowest BCUT2D eigenvalue weighted by Crippen LogP contribution is -2.28. The summed E-state index contributed by atoms with van der Waals surface area (Å²) in [5.74, 6) is 0.512. The van der Waals surface area contributed by atoms with E-state index >= 15 is 0 Å². The van der Waals surface area contributed by atoms with Gasteiger partial charge >= 0.3 is 0 Å². The van der Waals surface area contributed by atoms with Crippen LogP contribution >= 0.6 is 0 Å². The van der Waals surface area contributed by atoms with Gasteiger partial charge in [0.2, 0.25) is 10.0 Å². The summed E-state index contributed by atoms with van der Waals surface area (Å²) in [7, 11) is -3.34. The Hall–Kier alpha value is -0.910. The van der Waals surface area contributed by atoms with Crippen LogP contribution < -0.4 is 5.73 Å². The molecule has 5 heteroatoms. The highest BCUT2D eigenvalue weighted by atomic mass is 32.2. The zero-order valence-electron chi connectivity index (χ0n) is 12.2. The number of hydrogen-bond donors (Lipinski definition) is 1. The molecule has 1 aromatic carbocycles. The molecule has 0 spiro atoms. The van der Waals surface area contributed by atoms with Gasteiger partial charge in [0.1, 0.15) is 0 Å². The molecule has 0 aromatic heterocycles. The molecule has 2 atom stereocenters. The van der Waals surface area contributed by atoms with E-state index in [9.17, 15) is 8.42 Å². The van der Waals surface area contributed by atoms with Gasteiger partial charge in [-0.05, 0) is 43.4 Å². The van der Waals surface area contributed by atoms with Crippen molar-refractivity contribution in [1.82, 2.24) is 4.31 Å². The van der Waals surface area contributed by atoms with Gasteiger partial charge in [-0.3, -0.25) is 0 Å². The highest BCUT2D eigenvalue weighted by molar-refractivity contribution is 7.89. The van der Waals surface area contributed by atoms with Crippen LogP contribution in [0.1, 0.15) is 44.7 Å². The average molecular weight is 296 g/mol. The predicted octanol–water partition coefficient (Wildman–Crippen LogP) is 2.52. The third-order valence-corrected chi connectivity index (χ3v) is 5.87. The molecule has 112 valence electrons. The van der Waals surface area contributed by atoms with Gasteiger partial charge in [-0.2, -0.15) is 4.31 Å². The van der Waals surface area contributed by atoms with E-state index in [4.69, 9.17) is 5.73 Å². The molecule has 1 fully saturated rings. The molecule has 2 unspecified atom stereocenters. The number of rotatable bonds is 5. The lowest BCUT2D eigenvalue weighted by Gasteiger charge is -2.17. The maximum atomic E-state index is 12.6. The van der Waals surface area contributed by atoms with Crippen molar-refractivity contribution in [2.45, 2.75) is 44.0 Å². The summed E-state index contributed by atoms with van der Waals surface area (Å²) in [4.78, 5) is 0.374. The quantitative estimate of drug-likeness (QED) is 0.908. The standard InChI is InChI=1S/C15H24N2O2S/c1-3-4-13-9-10-17(11-13)20(18,19)15-7-5-14(6-8-15)12(2)16/h5-8,12-13H,3-4,9-11,16H2,1-2H3. The number of sulfonamides is 1. The Kier molecular flexibility index (Phi) is 4.83. The summed E-state index contributed by atoms with van der Waals surface area (Å²) in [6.45, 7) is 5.33. The summed E-state index contributed by atoms with van der Waals surface area (Å²) >= 11 is 0. The topological polar surface area (TPSA) is 63.4 Å². The van der Waals surface area contributed by atoms with Crippen LogP contribution in [0.15, 0.2) is 29.2 Å². The zero-order valence-corrected chi connectivity index (χ0v) is 13.1. The SMILES string of the molecule is CCCC1CCN(S(=O)(=O)c2ccc(C(C)N)cc2)C1. The van der Waals surface area contributed by atoms with Crippen molar-refractivity contribution in [3.63, 3.8) is 0 Å². The van der Waals surface area contributed by atoms with E-state index in [0.717, 1.165) is 24.8 Å². The Morgan fingerprint density at radius 1 is 1.35 bits per heavy atom. The molecular formula is C15H24N2O2S. The van der Waals surface area contributed by atoms with Gasteiger partial charge in [-0.1, -0.05) is 25.5 Å². The third-order valence-electron chi connectivity index (χ3n) is 3.99. The van der Waals surface area contributed by atoms with Gasteiger partial charge < -0.3 is 5.73 Å². The van der Waals surface area contributed by atoms with E-state index in [1.807, 2.05) is 6.92 Å². The van der Waals surface area contributed by atoms with Crippen molar-refractivity contribution >= 4 is 10.0 Å². The predicted molar refractivity (Wildman–Crippen MR) is 80.8 cm³/mol. The number of nitrogens with zero attached hydrogens (tertiary/aromatic N) is 1. The molecule has 1 aromatic rings. The smallest absolute Gasteiger partial charge is 0.243 e. The van der Waals surface area contributed by atoms with Crippen LogP contribution in [0, 0.1) is 5.92 Å². The van der Waals surface area contributed by atoms with Crippen molar-refractivity contribution in [2.24, 2.45) is 11.7 Å². The minimum atomic E-state index is -3.34. The first kappa shape index (κ1) is 15.5. The van der Waals surface area contributed by atoms with Gasteiger partial charge in [0.05, 0.1) is 4.90 Å². The maximum Gasteiger partial charge on any atom is 0.243 e. The van der Waals surface area contributed by atoms with Crippen molar-refractivity contribution in [2.75, 3.05) is 13.1 Å². The zero-order chi connectivity index (χ0) is 14.8. The van der Waals surface area contributed by atoms with Crippen LogP contribution in [0.5, 0.6) is 0 Å². The van der Waals surface area contributed by atoms with Gasteiger partial charge in [-0.15, -0.1) is 0 Å². The second-order valence-corrected chi connectivity index (χ2v) is 7.60. The van der Waals surface area contributed by atoms with E-state index in [0.29, 0.717) is 23.9 Å². The van der Waals surface area contributed by atoms with E-state index in [1.165, 1.54) is 0 Å². The first-order valence-electron chi connectivity index (χ1n) is 7.31.